The highest BCUT2D eigenvalue weighted by molar-refractivity contribution is 5.76. The monoisotopic (exact) mass is 417 g/mol. The molecular formula is C25H31N5O. The molecule has 3 heterocycles. The molecule has 162 valence electrons. The highest BCUT2D eigenvalue weighted by Crippen LogP contribution is 2.27. The molecular weight excluding hydrogens is 386 g/mol. The van der Waals surface area contributed by atoms with Crippen LogP contribution in [0.4, 0.5) is 0 Å². The van der Waals surface area contributed by atoms with E-state index in [1.54, 1.807) is 12.5 Å². The summed E-state index contributed by atoms with van der Waals surface area (Å²) in [6.45, 7) is 2.90. The lowest BCUT2D eigenvalue weighted by Crippen LogP contribution is -2.47. The fraction of sp³-hybridized carbons (Fsp3) is 0.400. The molecule has 0 unspecified atom stereocenters. The molecule has 0 saturated carbocycles. The van der Waals surface area contributed by atoms with E-state index in [9.17, 15) is 4.79 Å². The minimum Gasteiger partial charge on any atom is -0.341 e. The third-order valence-corrected chi connectivity index (χ3v) is 6.32. The van der Waals surface area contributed by atoms with Crippen molar-refractivity contribution < 1.29 is 4.79 Å². The molecule has 6 nitrogen and oxygen atoms in total. The zero-order valence-electron chi connectivity index (χ0n) is 18.2. The number of carbonyl (C=O) groups is 1. The fourth-order valence-corrected chi connectivity index (χ4v) is 4.60. The second-order valence-corrected chi connectivity index (χ2v) is 8.49. The number of aromatic nitrogens is 3. The molecule has 1 atom stereocenters. The Hall–Kier alpha value is -2.99. The van der Waals surface area contributed by atoms with Gasteiger partial charge in [0.05, 0.1) is 6.33 Å². The Morgan fingerprint density at radius 1 is 1.06 bits per heavy atom. The van der Waals surface area contributed by atoms with Crippen molar-refractivity contribution in [1.82, 2.24) is 24.3 Å². The molecule has 0 N–H and O–H groups in total. The maximum Gasteiger partial charge on any atom is 0.242 e. The normalized spacial score (nSPS) is 15.9. The molecule has 3 aromatic rings. The molecule has 1 aliphatic rings. The Kier molecular flexibility index (Phi) is 7.10. The first-order valence-corrected chi connectivity index (χ1v) is 11.1. The van der Waals surface area contributed by atoms with Crippen molar-refractivity contribution in [3.05, 3.63) is 84.7 Å². The van der Waals surface area contributed by atoms with Crippen molar-refractivity contribution in [2.75, 3.05) is 20.1 Å². The molecule has 31 heavy (non-hydrogen) atoms. The van der Waals surface area contributed by atoms with Crippen LogP contribution in [-0.2, 0) is 24.3 Å². The molecule has 4 rings (SSSR count). The lowest BCUT2D eigenvalue weighted by Gasteiger charge is -2.40. The number of hydrogen-bond donors (Lipinski definition) is 0. The van der Waals surface area contributed by atoms with Crippen LogP contribution in [0.2, 0.25) is 0 Å². The predicted octanol–water partition coefficient (Wildman–Crippen LogP) is 3.26. The molecule has 1 aromatic carbocycles. The van der Waals surface area contributed by atoms with E-state index in [2.05, 4.69) is 58.3 Å². The Labute approximate surface area is 184 Å². The van der Waals surface area contributed by atoms with Crippen LogP contribution in [0.25, 0.3) is 0 Å². The Balaban J connectivity index is 1.41. The number of likely N-dealkylation sites (N-methyl/N-ethyl adjacent to an activating group) is 1. The molecule has 6 heteroatoms. The van der Waals surface area contributed by atoms with Gasteiger partial charge in [-0.05, 0) is 49.4 Å². The summed E-state index contributed by atoms with van der Waals surface area (Å²) in [5, 5.41) is 0. The lowest BCUT2D eigenvalue weighted by molar-refractivity contribution is -0.133. The molecule has 1 fully saturated rings. The van der Waals surface area contributed by atoms with Gasteiger partial charge in [0.15, 0.2) is 0 Å². The number of nitrogens with zero attached hydrogens (tertiary/aromatic N) is 5. The first-order valence-electron chi connectivity index (χ1n) is 11.1. The highest BCUT2D eigenvalue weighted by Gasteiger charge is 2.31. The molecule has 0 aliphatic carbocycles. The number of imidazole rings is 1. The number of amides is 1. The highest BCUT2D eigenvalue weighted by atomic mass is 16.2. The first-order chi connectivity index (χ1) is 15.2. The van der Waals surface area contributed by atoms with Crippen molar-refractivity contribution in [2.45, 2.75) is 38.4 Å². The van der Waals surface area contributed by atoms with Gasteiger partial charge in [0, 0.05) is 50.5 Å². The maximum absolute atomic E-state index is 12.7. The van der Waals surface area contributed by atoms with Crippen molar-refractivity contribution in [3.8, 4) is 0 Å². The van der Waals surface area contributed by atoms with Crippen molar-refractivity contribution >= 4 is 5.91 Å². The van der Waals surface area contributed by atoms with Gasteiger partial charge in [-0.15, -0.1) is 0 Å². The smallest absolute Gasteiger partial charge is 0.242 e. The number of pyridine rings is 1. The van der Waals surface area contributed by atoms with Gasteiger partial charge >= 0.3 is 0 Å². The zero-order valence-corrected chi connectivity index (χ0v) is 18.2. The van der Waals surface area contributed by atoms with Gasteiger partial charge in [0.1, 0.15) is 6.54 Å². The summed E-state index contributed by atoms with van der Waals surface area (Å²) < 4.78 is 1.84. The Bertz CT molecular complexity index is 921. The van der Waals surface area contributed by atoms with Crippen LogP contribution in [0.3, 0.4) is 0 Å². The zero-order chi connectivity index (χ0) is 21.5. The number of benzene rings is 1. The standard InChI is InChI=1S/C25H31N5O/c1-28(18-22-8-5-11-26-17-22)24(16-21-6-3-2-4-7-21)23-9-13-30(14-10-23)25(31)19-29-15-12-27-20-29/h2-8,11-12,15,17,20,23-24H,9-10,13-14,16,18-19H2,1H3/t24-/m0/s1. The summed E-state index contributed by atoms with van der Waals surface area (Å²) in [5.74, 6) is 0.735. The molecule has 0 bridgehead atoms. The van der Waals surface area contributed by atoms with Gasteiger partial charge in [0.2, 0.25) is 5.91 Å². The number of likely N-dealkylation sites (tertiary alicyclic amines) is 1. The van der Waals surface area contributed by atoms with E-state index in [-0.39, 0.29) is 5.91 Å². The molecule has 1 saturated heterocycles. The average molecular weight is 418 g/mol. The largest absolute Gasteiger partial charge is 0.341 e. The average Bonchev–Trinajstić information content (AvgIpc) is 3.32. The van der Waals surface area contributed by atoms with Crippen LogP contribution in [0.1, 0.15) is 24.0 Å². The van der Waals surface area contributed by atoms with Crippen LogP contribution in [0.15, 0.2) is 73.6 Å². The third-order valence-electron chi connectivity index (χ3n) is 6.32. The summed E-state index contributed by atoms with van der Waals surface area (Å²) in [5.41, 5.74) is 2.60. The Morgan fingerprint density at radius 2 is 1.84 bits per heavy atom. The van der Waals surface area contributed by atoms with E-state index < -0.39 is 0 Å². The van der Waals surface area contributed by atoms with E-state index in [1.807, 2.05) is 34.1 Å². The van der Waals surface area contributed by atoms with Crippen molar-refractivity contribution in [1.29, 1.82) is 0 Å². The van der Waals surface area contributed by atoms with E-state index >= 15 is 0 Å². The van der Waals surface area contributed by atoms with Crippen LogP contribution >= 0.6 is 0 Å². The van der Waals surface area contributed by atoms with Crippen LogP contribution < -0.4 is 0 Å². The summed E-state index contributed by atoms with van der Waals surface area (Å²) in [4.78, 5) is 25.5. The van der Waals surface area contributed by atoms with Crippen LogP contribution in [-0.4, -0.2) is 56.4 Å². The fourth-order valence-electron chi connectivity index (χ4n) is 4.60. The van der Waals surface area contributed by atoms with E-state index in [4.69, 9.17) is 0 Å². The first kappa shape index (κ1) is 21.2. The second-order valence-electron chi connectivity index (χ2n) is 8.49. The van der Waals surface area contributed by atoms with Crippen molar-refractivity contribution in [3.63, 3.8) is 0 Å². The van der Waals surface area contributed by atoms with E-state index in [0.29, 0.717) is 18.5 Å². The van der Waals surface area contributed by atoms with Gasteiger partial charge < -0.3 is 9.47 Å². The summed E-state index contributed by atoms with van der Waals surface area (Å²) >= 11 is 0. The quantitative estimate of drug-likeness (QED) is 0.565. The molecule has 0 spiro atoms. The molecule has 2 aromatic heterocycles. The maximum atomic E-state index is 12.7. The predicted molar refractivity (Wildman–Crippen MR) is 121 cm³/mol. The lowest BCUT2D eigenvalue weighted by atomic mass is 9.84. The molecule has 0 radical (unpaired) electrons. The molecule has 1 aliphatic heterocycles. The summed E-state index contributed by atoms with van der Waals surface area (Å²) in [6, 6.07) is 15.3. The SMILES string of the molecule is CN(Cc1cccnc1)[C@@H](Cc1ccccc1)C1CCN(C(=O)Cn2ccnc2)CC1. The van der Waals surface area contributed by atoms with E-state index in [1.165, 1.54) is 11.1 Å². The number of hydrogen-bond acceptors (Lipinski definition) is 4. The molecule has 1 amide bonds. The topological polar surface area (TPSA) is 54.3 Å². The second kappa shape index (κ2) is 10.4. The van der Waals surface area contributed by atoms with Crippen LogP contribution in [0, 0.1) is 5.92 Å². The minimum atomic E-state index is 0.180. The summed E-state index contributed by atoms with van der Waals surface area (Å²) in [7, 11) is 2.22. The van der Waals surface area contributed by atoms with Gasteiger partial charge in [0.25, 0.3) is 0 Å². The Morgan fingerprint density at radius 3 is 2.52 bits per heavy atom. The number of piperidine rings is 1. The van der Waals surface area contributed by atoms with Gasteiger partial charge in [-0.2, -0.15) is 0 Å². The number of carbonyl (C=O) groups excluding carboxylic acids is 1. The third kappa shape index (κ3) is 5.79. The van der Waals surface area contributed by atoms with Gasteiger partial charge in [-0.25, -0.2) is 4.98 Å². The minimum absolute atomic E-state index is 0.180. The number of rotatable bonds is 8. The van der Waals surface area contributed by atoms with E-state index in [0.717, 1.165) is 38.9 Å². The van der Waals surface area contributed by atoms with Gasteiger partial charge in [-0.3, -0.25) is 14.7 Å². The van der Waals surface area contributed by atoms with Gasteiger partial charge in [-0.1, -0.05) is 36.4 Å². The summed E-state index contributed by atoms with van der Waals surface area (Å²) in [6.07, 6.45) is 12.1. The van der Waals surface area contributed by atoms with Crippen molar-refractivity contribution in [2.24, 2.45) is 5.92 Å². The van der Waals surface area contributed by atoms with Crippen LogP contribution in [0.5, 0.6) is 0 Å².